The van der Waals surface area contributed by atoms with Crippen molar-refractivity contribution in [3.05, 3.63) is 53.8 Å². The molecule has 2 heterocycles. The van der Waals surface area contributed by atoms with Gasteiger partial charge in [-0.25, -0.2) is 4.39 Å². The van der Waals surface area contributed by atoms with Crippen LogP contribution in [-0.4, -0.2) is 47.1 Å². The van der Waals surface area contributed by atoms with Gasteiger partial charge in [-0.3, -0.25) is 9.59 Å². The summed E-state index contributed by atoms with van der Waals surface area (Å²) in [6.07, 6.45) is 6.75. The topological polar surface area (TPSA) is 108 Å². The summed E-state index contributed by atoms with van der Waals surface area (Å²) in [4.78, 5) is 31.8. The minimum atomic E-state index is -0.987. The van der Waals surface area contributed by atoms with Crippen LogP contribution >= 0.6 is 0 Å². The maximum Gasteiger partial charge on any atom is 0.305 e. The first-order chi connectivity index (χ1) is 17.9. The predicted molar refractivity (Wildman–Crippen MR) is 139 cm³/mol. The van der Waals surface area contributed by atoms with Crippen molar-refractivity contribution in [2.24, 2.45) is 5.92 Å². The summed E-state index contributed by atoms with van der Waals surface area (Å²) in [6.45, 7) is 0.979. The van der Waals surface area contributed by atoms with Gasteiger partial charge in [0.2, 0.25) is 5.91 Å². The van der Waals surface area contributed by atoms with Crippen LogP contribution < -0.4 is 15.5 Å². The molecule has 3 N–H and O–H groups in total. The van der Waals surface area contributed by atoms with Crippen LogP contribution in [0.1, 0.15) is 50.5 Å². The summed E-state index contributed by atoms with van der Waals surface area (Å²) in [6, 6.07) is 11.1. The van der Waals surface area contributed by atoms with E-state index in [4.69, 9.17) is 4.42 Å². The lowest BCUT2D eigenvalue weighted by Gasteiger charge is -2.29. The van der Waals surface area contributed by atoms with Crippen molar-refractivity contribution in [1.29, 1.82) is 0 Å². The van der Waals surface area contributed by atoms with Crippen molar-refractivity contribution >= 4 is 34.7 Å². The van der Waals surface area contributed by atoms with Gasteiger partial charge in [0, 0.05) is 18.8 Å². The van der Waals surface area contributed by atoms with E-state index in [1.54, 1.807) is 6.07 Å². The maximum absolute atomic E-state index is 13.7. The molecule has 37 heavy (non-hydrogen) atoms. The van der Waals surface area contributed by atoms with Gasteiger partial charge in [-0.05, 0) is 54.7 Å². The lowest BCUT2D eigenvalue weighted by Crippen LogP contribution is -2.50. The first kappa shape index (κ1) is 25.0. The first-order valence-electron chi connectivity index (χ1n) is 13.1. The molecule has 9 heteroatoms. The maximum atomic E-state index is 13.7. The SMILES string of the molecule is O=C(O)CC(CN1CCc2cc(F)ccc21)NC(=O)[C@H](CC1CCCCC1)Nc1nc2ccccc2o1. The molecule has 0 spiro atoms. The van der Waals surface area contributed by atoms with Crippen LogP contribution in [0.25, 0.3) is 11.1 Å². The standard InChI is InChI=1S/C28H33FN4O4/c29-20-10-11-24-19(15-20)12-13-33(24)17-21(16-26(34)35)30-27(36)23(14-18-6-2-1-3-7-18)32-28-31-22-8-4-5-9-25(22)37-28/h4-5,8-11,15,18,21,23H,1-3,6-7,12-14,16-17H2,(H,30,36)(H,31,32)(H,34,35)/t21?,23-/m0/s1. The number of carbonyl (C=O) groups is 2. The highest BCUT2D eigenvalue weighted by Crippen LogP contribution is 2.30. The second-order valence-corrected chi connectivity index (χ2v) is 10.2. The summed E-state index contributed by atoms with van der Waals surface area (Å²) in [5.41, 5.74) is 3.12. The molecule has 1 aliphatic carbocycles. The van der Waals surface area contributed by atoms with E-state index in [1.165, 1.54) is 18.6 Å². The molecule has 1 aliphatic heterocycles. The third-order valence-corrected chi connectivity index (χ3v) is 7.44. The van der Waals surface area contributed by atoms with Crippen molar-refractivity contribution in [2.75, 3.05) is 23.3 Å². The van der Waals surface area contributed by atoms with Gasteiger partial charge < -0.3 is 25.1 Å². The fraction of sp³-hybridized carbons (Fsp3) is 0.464. The van der Waals surface area contributed by atoms with Crippen molar-refractivity contribution in [3.63, 3.8) is 0 Å². The number of oxazole rings is 1. The van der Waals surface area contributed by atoms with E-state index in [0.717, 1.165) is 36.9 Å². The number of hydrogen-bond donors (Lipinski definition) is 3. The minimum absolute atomic E-state index is 0.211. The van der Waals surface area contributed by atoms with Crippen molar-refractivity contribution in [1.82, 2.24) is 10.3 Å². The predicted octanol–water partition coefficient (Wildman–Crippen LogP) is 4.74. The molecule has 0 radical (unpaired) electrons. The normalized spacial score (nSPS) is 17.4. The number of nitrogens with one attached hydrogen (secondary N) is 2. The molecule has 2 aromatic carbocycles. The lowest BCUT2D eigenvalue weighted by molar-refractivity contribution is -0.137. The van der Waals surface area contributed by atoms with Gasteiger partial charge in [0.05, 0.1) is 12.5 Å². The molecule has 1 unspecified atom stereocenters. The average Bonchev–Trinajstić information content (AvgIpc) is 3.46. The van der Waals surface area contributed by atoms with E-state index in [1.807, 2.05) is 29.2 Å². The summed E-state index contributed by atoms with van der Waals surface area (Å²) in [5, 5.41) is 15.7. The van der Waals surface area contributed by atoms with Gasteiger partial charge in [0.15, 0.2) is 5.58 Å². The molecule has 1 fully saturated rings. The van der Waals surface area contributed by atoms with E-state index in [2.05, 4.69) is 15.6 Å². The molecular formula is C28H33FN4O4. The summed E-state index contributed by atoms with van der Waals surface area (Å²) >= 11 is 0. The summed E-state index contributed by atoms with van der Waals surface area (Å²) < 4.78 is 19.5. The number of amides is 1. The molecule has 1 saturated carbocycles. The smallest absolute Gasteiger partial charge is 0.305 e. The van der Waals surface area contributed by atoms with Crippen molar-refractivity contribution in [2.45, 2.75) is 63.5 Å². The van der Waals surface area contributed by atoms with Crippen LogP contribution in [0.2, 0.25) is 0 Å². The van der Waals surface area contributed by atoms with E-state index in [0.29, 0.717) is 42.9 Å². The fourth-order valence-corrected chi connectivity index (χ4v) is 5.64. The van der Waals surface area contributed by atoms with E-state index < -0.39 is 18.1 Å². The molecule has 3 aromatic rings. The summed E-state index contributed by atoms with van der Waals surface area (Å²) in [5.74, 6) is -1.14. The van der Waals surface area contributed by atoms with Crippen LogP contribution in [-0.2, 0) is 16.0 Å². The number of hydrogen-bond acceptors (Lipinski definition) is 6. The Morgan fingerprint density at radius 3 is 2.76 bits per heavy atom. The van der Waals surface area contributed by atoms with E-state index in [9.17, 15) is 19.1 Å². The van der Waals surface area contributed by atoms with Gasteiger partial charge in [0.1, 0.15) is 17.4 Å². The fourth-order valence-electron chi connectivity index (χ4n) is 5.64. The highest BCUT2D eigenvalue weighted by Gasteiger charge is 2.30. The Hall–Kier alpha value is -3.62. The third kappa shape index (κ3) is 6.21. The van der Waals surface area contributed by atoms with Gasteiger partial charge in [-0.2, -0.15) is 4.98 Å². The molecule has 0 bridgehead atoms. The Morgan fingerprint density at radius 2 is 1.97 bits per heavy atom. The van der Waals surface area contributed by atoms with Gasteiger partial charge in [0.25, 0.3) is 6.01 Å². The molecule has 0 saturated heterocycles. The van der Waals surface area contributed by atoms with E-state index >= 15 is 0 Å². The quantitative estimate of drug-likeness (QED) is 0.363. The molecule has 1 amide bonds. The Balaban J connectivity index is 1.32. The highest BCUT2D eigenvalue weighted by molar-refractivity contribution is 5.85. The second kappa shape index (κ2) is 11.2. The zero-order valence-corrected chi connectivity index (χ0v) is 20.8. The number of fused-ring (bicyclic) bond motifs is 2. The number of carboxylic acid groups (broad SMARTS) is 1. The van der Waals surface area contributed by atoms with Crippen LogP contribution in [0.4, 0.5) is 16.1 Å². The lowest BCUT2D eigenvalue weighted by atomic mass is 9.84. The number of rotatable bonds is 10. The molecule has 1 aromatic heterocycles. The molecule has 196 valence electrons. The number of carbonyl (C=O) groups excluding carboxylic acids is 1. The summed E-state index contributed by atoms with van der Waals surface area (Å²) in [7, 11) is 0. The number of para-hydroxylation sites is 2. The minimum Gasteiger partial charge on any atom is -0.481 e. The zero-order valence-electron chi connectivity index (χ0n) is 20.8. The number of aliphatic carboxylic acids is 1. The van der Waals surface area contributed by atoms with Gasteiger partial charge in [-0.15, -0.1) is 0 Å². The van der Waals surface area contributed by atoms with Crippen LogP contribution in [0, 0.1) is 11.7 Å². The van der Waals surface area contributed by atoms with Crippen LogP contribution in [0.5, 0.6) is 0 Å². The highest BCUT2D eigenvalue weighted by atomic mass is 19.1. The second-order valence-electron chi connectivity index (χ2n) is 10.2. The monoisotopic (exact) mass is 508 g/mol. The Kier molecular flexibility index (Phi) is 7.58. The molecule has 2 atom stereocenters. The largest absolute Gasteiger partial charge is 0.481 e. The molecule has 2 aliphatic rings. The van der Waals surface area contributed by atoms with Crippen molar-refractivity contribution in [3.8, 4) is 0 Å². The average molecular weight is 509 g/mol. The Bertz CT molecular complexity index is 1220. The van der Waals surface area contributed by atoms with Crippen LogP contribution in [0.15, 0.2) is 46.9 Å². The molecule has 8 nitrogen and oxygen atoms in total. The molecule has 5 rings (SSSR count). The Morgan fingerprint density at radius 1 is 1.16 bits per heavy atom. The first-order valence-corrected chi connectivity index (χ1v) is 13.1. The third-order valence-electron chi connectivity index (χ3n) is 7.44. The number of nitrogens with zero attached hydrogens (tertiary/aromatic N) is 2. The number of aromatic nitrogens is 1. The Labute approximate surface area is 215 Å². The van der Waals surface area contributed by atoms with Gasteiger partial charge in [-0.1, -0.05) is 44.2 Å². The van der Waals surface area contributed by atoms with Gasteiger partial charge >= 0.3 is 5.97 Å². The van der Waals surface area contributed by atoms with E-state index in [-0.39, 0.29) is 24.2 Å². The number of carboxylic acids is 1. The molecular weight excluding hydrogens is 475 g/mol. The zero-order chi connectivity index (χ0) is 25.8. The number of benzene rings is 2. The van der Waals surface area contributed by atoms with Crippen LogP contribution in [0.3, 0.4) is 0 Å². The van der Waals surface area contributed by atoms with Crippen molar-refractivity contribution < 1.29 is 23.5 Å². The number of anilines is 2. The number of halogens is 1.